The standard InChI is InChI=1S/C16H22N2O3S/c1-12-7-8-13(18(20)21)11-15(12)17-16(19)9-10-22-14-5-3-2-4-6-14/h7-8,11,14H,2-6,9-10H2,1H3,(H,17,19). The Balaban J connectivity index is 1.81. The number of hydrogen-bond acceptors (Lipinski definition) is 4. The minimum absolute atomic E-state index is 0.00233. The zero-order valence-electron chi connectivity index (χ0n) is 12.8. The van der Waals surface area contributed by atoms with Gasteiger partial charge in [-0.1, -0.05) is 25.3 Å². The molecule has 0 atom stereocenters. The molecule has 1 N–H and O–H groups in total. The van der Waals surface area contributed by atoms with Gasteiger partial charge in [0.25, 0.3) is 5.69 Å². The molecule has 0 unspecified atom stereocenters. The van der Waals surface area contributed by atoms with Crippen molar-refractivity contribution < 1.29 is 9.72 Å². The Morgan fingerprint density at radius 3 is 2.77 bits per heavy atom. The predicted molar refractivity (Wildman–Crippen MR) is 90.4 cm³/mol. The molecule has 5 nitrogen and oxygen atoms in total. The Bertz CT molecular complexity index is 542. The van der Waals surface area contributed by atoms with Crippen molar-refractivity contribution in [3.8, 4) is 0 Å². The average Bonchev–Trinajstić information content (AvgIpc) is 2.50. The van der Waals surface area contributed by atoms with Gasteiger partial charge in [0.2, 0.25) is 5.91 Å². The zero-order chi connectivity index (χ0) is 15.9. The SMILES string of the molecule is Cc1ccc([N+](=O)[O-])cc1NC(=O)CCSC1CCCCC1. The number of amides is 1. The third kappa shape index (κ3) is 5.02. The smallest absolute Gasteiger partial charge is 0.271 e. The topological polar surface area (TPSA) is 72.2 Å². The molecule has 6 heteroatoms. The van der Waals surface area contributed by atoms with Crippen LogP contribution in [0, 0.1) is 17.0 Å². The number of rotatable bonds is 6. The lowest BCUT2D eigenvalue weighted by atomic mass is 10.0. The van der Waals surface area contributed by atoms with Crippen LogP contribution in [0.15, 0.2) is 18.2 Å². The van der Waals surface area contributed by atoms with E-state index in [1.807, 2.05) is 18.7 Å². The summed E-state index contributed by atoms with van der Waals surface area (Å²) in [5, 5.41) is 14.3. The van der Waals surface area contributed by atoms with Gasteiger partial charge >= 0.3 is 0 Å². The van der Waals surface area contributed by atoms with Gasteiger partial charge in [-0.3, -0.25) is 14.9 Å². The van der Waals surface area contributed by atoms with E-state index >= 15 is 0 Å². The molecule has 1 amide bonds. The number of carbonyl (C=O) groups is 1. The lowest BCUT2D eigenvalue weighted by Gasteiger charge is -2.20. The first-order valence-corrected chi connectivity index (χ1v) is 8.77. The van der Waals surface area contributed by atoms with Crippen molar-refractivity contribution in [3.05, 3.63) is 33.9 Å². The van der Waals surface area contributed by atoms with Gasteiger partial charge in [0.15, 0.2) is 0 Å². The molecule has 1 aliphatic carbocycles. The number of aryl methyl sites for hydroxylation is 1. The Hall–Kier alpha value is -1.56. The number of benzene rings is 1. The molecule has 0 radical (unpaired) electrons. The lowest BCUT2D eigenvalue weighted by Crippen LogP contribution is -2.15. The van der Waals surface area contributed by atoms with Crippen molar-refractivity contribution in [3.63, 3.8) is 0 Å². The molecule has 0 saturated heterocycles. The van der Waals surface area contributed by atoms with Crippen LogP contribution in [0.1, 0.15) is 44.1 Å². The molecule has 120 valence electrons. The molecule has 0 bridgehead atoms. The molecule has 0 aromatic heterocycles. The molecule has 0 aliphatic heterocycles. The molecule has 0 heterocycles. The second kappa shape index (κ2) is 8.17. The van der Waals surface area contributed by atoms with Crippen LogP contribution < -0.4 is 5.32 Å². The highest BCUT2D eigenvalue weighted by atomic mass is 32.2. The number of nitrogens with zero attached hydrogens (tertiary/aromatic N) is 1. The number of nitro groups is 1. The maximum Gasteiger partial charge on any atom is 0.271 e. The highest BCUT2D eigenvalue weighted by molar-refractivity contribution is 7.99. The lowest BCUT2D eigenvalue weighted by molar-refractivity contribution is -0.384. The number of non-ortho nitro benzene ring substituents is 1. The molecular formula is C16H22N2O3S. The number of carbonyl (C=O) groups excluding carboxylic acids is 1. The highest BCUT2D eigenvalue weighted by Crippen LogP contribution is 2.28. The summed E-state index contributed by atoms with van der Waals surface area (Å²) in [6.45, 7) is 1.83. The van der Waals surface area contributed by atoms with Gasteiger partial charge in [-0.05, 0) is 25.3 Å². The summed E-state index contributed by atoms with van der Waals surface area (Å²) >= 11 is 1.88. The van der Waals surface area contributed by atoms with E-state index in [-0.39, 0.29) is 11.6 Å². The first-order valence-electron chi connectivity index (χ1n) is 7.73. The van der Waals surface area contributed by atoms with Crippen molar-refractivity contribution >= 4 is 29.0 Å². The van der Waals surface area contributed by atoms with Gasteiger partial charge in [-0.2, -0.15) is 11.8 Å². The Kier molecular flexibility index (Phi) is 6.24. The van der Waals surface area contributed by atoms with E-state index in [0.717, 1.165) is 11.3 Å². The summed E-state index contributed by atoms with van der Waals surface area (Å²) in [4.78, 5) is 22.3. The molecule has 1 aliphatic rings. The van der Waals surface area contributed by atoms with Crippen LogP contribution in [0.4, 0.5) is 11.4 Å². The predicted octanol–water partition coefficient (Wildman–Crippen LogP) is 4.30. The summed E-state index contributed by atoms with van der Waals surface area (Å²) in [7, 11) is 0. The van der Waals surface area contributed by atoms with E-state index in [1.165, 1.54) is 44.2 Å². The third-order valence-electron chi connectivity index (χ3n) is 3.94. The van der Waals surface area contributed by atoms with Crippen molar-refractivity contribution in [1.29, 1.82) is 0 Å². The van der Waals surface area contributed by atoms with Crippen LogP contribution in [-0.2, 0) is 4.79 Å². The van der Waals surface area contributed by atoms with E-state index in [1.54, 1.807) is 6.07 Å². The quantitative estimate of drug-likeness (QED) is 0.626. The van der Waals surface area contributed by atoms with E-state index in [0.29, 0.717) is 17.4 Å². The monoisotopic (exact) mass is 322 g/mol. The fraction of sp³-hybridized carbons (Fsp3) is 0.562. The maximum atomic E-state index is 12.0. The Labute approximate surface area is 135 Å². The number of nitrogens with one attached hydrogen (secondary N) is 1. The average molecular weight is 322 g/mol. The number of hydrogen-bond donors (Lipinski definition) is 1. The van der Waals surface area contributed by atoms with Gasteiger partial charge in [-0.25, -0.2) is 0 Å². The molecule has 1 aromatic rings. The number of anilines is 1. The van der Waals surface area contributed by atoms with Crippen LogP contribution in [-0.4, -0.2) is 21.8 Å². The minimum atomic E-state index is -0.450. The number of nitro benzene ring substituents is 1. The van der Waals surface area contributed by atoms with Crippen LogP contribution >= 0.6 is 11.8 Å². The summed E-state index contributed by atoms with van der Waals surface area (Å²) in [5.41, 5.74) is 1.36. The van der Waals surface area contributed by atoms with E-state index in [2.05, 4.69) is 5.32 Å². The molecule has 1 saturated carbocycles. The molecule has 1 fully saturated rings. The minimum Gasteiger partial charge on any atom is -0.326 e. The number of thioether (sulfide) groups is 1. The maximum absolute atomic E-state index is 12.0. The van der Waals surface area contributed by atoms with Crippen LogP contribution in [0.5, 0.6) is 0 Å². The fourth-order valence-corrected chi connectivity index (χ4v) is 3.92. The molecule has 0 spiro atoms. The van der Waals surface area contributed by atoms with Crippen molar-refractivity contribution in [2.75, 3.05) is 11.1 Å². The largest absolute Gasteiger partial charge is 0.326 e. The molecule has 2 rings (SSSR count). The molecule has 1 aromatic carbocycles. The first kappa shape index (κ1) is 16.8. The second-order valence-corrected chi connectivity index (χ2v) is 7.09. The highest BCUT2D eigenvalue weighted by Gasteiger charge is 2.15. The van der Waals surface area contributed by atoms with Crippen LogP contribution in [0.3, 0.4) is 0 Å². The van der Waals surface area contributed by atoms with Gasteiger partial charge in [-0.15, -0.1) is 0 Å². The summed E-state index contributed by atoms with van der Waals surface area (Å²) in [5.74, 6) is 0.733. The third-order valence-corrected chi connectivity index (χ3v) is 5.32. The zero-order valence-corrected chi connectivity index (χ0v) is 13.7. The van der Waals surface area contributed by atoms with Crippen LogP contribution in [0.2, 0.25) is 0 Å². The van der Waals surface area contributed by atoms with Gasteiger partial charge in [0.05, 0.1) is 10.6 Å². The normalized spacial score (nSPS) is 15.5. The molecular weight excluding hydrogens is 300 g/mol. The molecule has 22 heavy (non-hydrogen) atoms. The fourth-order valence-electron chi connectivity index (χ4n) is 2.62. The van der Waals surface area contributed by atoms with Gasteiger partial charge in [0, 0.05) is 29.6 Å². The van der Waals surface area contributed by atoms with Crippen molar-refractivity contribution in [2.45, 2.75) is 50.7 Å². The summed E-state index contributed by atoms with van der Waals surface area (Å²) < 4.78 is 0. The van der Waals surface area contributed by atoms with Gasteiger partial charge in [0.1, 0.15) is 0 Å². The summed E-state index contributed by atoms with van der Waals surface area (Å²) in [6.07, 6.45) is 6.91. The van der Waals surface area contributed by atoms with E-state index in [9.17, 15) is 14.9 Å². The van der Waals surface area contributed by atoms with Crippen LogP contribution in [0.25, 0.3) is 0 Å². The van der Waals surface area contributed by atoms with Crippen molar-refractivity contribution in [1.82, 2.24) is 0 Å². The first-order chi connectivity index (χ1) is 10.6. The van der Waals surface area contributed by atoms with Crippen molar-refractivity contribution in [2.24, 2.45) is 0 Å². The van der Waals surface area contributed by atoms with E-state index in [4.69, 9.17) is 0 Å². The van der Waals surface area contributed by atoms with Gasteiger partial charge < -0.3 is 5.32 Å². The Morgan fingerprint density at radius 1 is 1.36 bits per heavy atom. The van der Waals surface area contributed by atoms with E-state index < -0.39 is 4.92 Å². The summed E-state index contributed by atoms with van der Waals surface area (Å²) in [6, 6.07) is 4.52. The second-order valence-electron chi connectivity index (χ2n) is 5.69. The Morgan fingerprint density at radius 2 is 2.09 bits per heavy atom.